The average Bonchev–Trinajstić information content (AvgIpc) is 3.04. The third kappa shape index (κ3) is 3.21. The number of nitriles is 1. The lowest BCUT2D eigenvalue weighted by Gasteiger charge is -2.26. The van der Waals surface area contributed by atoms with E-state index in [-0.39, 0.29) is 12.0 Å². The van der Waals surface area contributed by atoms with Crippen molar-refractivity contribution in [1.29, 1.82) is 5.26 Å². The van der Waals surface area contributed by atoms with E-state index in [2.05, 4.69) is 6.07 Å². The monoisotopic (exact) mass is 386 g/mol. The van der Waals surface area contributed by atoms with Gasteiger partial charge < -0.3 is 15.2 Å². The lowest BCUT2D eigenvalue weighted by molar-refractivity contribution is 0.239. The molecule has 0 radical (unpaired) electrons. The number of ether oxygens (including phenoxy) is 2. The molecule has 3 aromatic rings. The van der Waals surface area contributed by atoms with Crippen LogP contribution in [0.15, 0.2) is 66.1 Å². The predicted molar refractivity (Wildman–Crippen MR) is 110 cm³/mol. The van der Waals surface area contributed by atoms with Crippen molar-refractivity contribution < 1.29 is 9.47 Å². The Morgan fingerprint density at radius 1 is 1.14 bits per heavy atom. The summed E-state index contributed by atoms with van der Waals surface area (Å²) < 4.78 is 13.7. The van der Waals surface area contributed by atoms with Gasteiger partial charge in [0, 0.05) is 5.56 Å². The highest BCUT2D eigenvalue weighted by atomic mass is 16.5. The van der Waals surface area contributed by atoms with Gasteiger partial charge in [-0.05, 0) is 39.0 Å². The summed E-state index contributed by atoms with van der Waals surface area (Å²) in [6.45, 7) is 5.86. The van der Waals surface area contributed by atoms with Gasteiger partial charge in [-0.1, -0.05) is 36.4 Å². The minimum absolute atomic E-state index is 0.00420. The average molecular weight is 386 g/mol. The van der Waals surface area contributed by atoms with Gasteiger partial charge in [0.05, 0.1) is 29.0 Å². The zero-order valence-electron chi connectivity index (χ0n) is 16.6. The highest BCUT2D eigenvalue weighted by Gasteiger charge is 2.37. The Bertz CT molecular complexity index is 1120. The van der Waals surface area contributed by atoms with Crippen LogP contribution < -0.4 is 15.2 Å². The molecule has 2 heterocycles. The van der Waals surface area contributed by atoms with Crippen molar-refractivity contribution in [1.82, 2.24) is 9.78 Å². The molecule has 0 fully saturated rings. The first-order valence-corrected chi connectivity index (χ1v) is 9.49. The summed E-state index contributed by atoms with van der Waals surface area (Å²) in [7, 11) is 0. The molecule has 1 aliphatic rings. The van der Waals surface area contributed by atoms with Gasteiger partial charge >= 0.3 is 0 Å². The van der Waals surface area contributed by atoms with Gasteiger partial charge in [-0.25, -0.2) is 4.68 Å². The molecule has 0 aliphatic carbocycles. The van der Waals surface area contributed by atoms with Crippen LogP contribution in [-0.2, 0) is 0 Å². The first-order valence-electron chi connectivity index (χ1n) is 9.49. The van der Waals surface area contributed by atoms with E-state index in [0.717, 1.165) is 22.5 Å². The van der Waals surface area contributed by atoms with Crippen molar-refractivity contribution in [2.45, 2.75) is 32.8 Å². The number of nitrogens with two attached hydrogens (primary N) is 1. The fourth-order valence-electron chi connectivity index (χ4n) is 3.65. The fraction of sp³-hybridized carbons (Fsp3) is 0.217. The highest BCUT2D eigenvalue weighted by molar-refractivity contribution is 5.59. The van der Waals surface area contributed by atoms with Crippen molar-refractivity contribution >= 4 is 0 Å². The fourth-order valence-corrected chi connectivity index (χ4v) is 3.65. The van der Waals surface area contributed by atoms with Gasteiger partial charge in [0.2, 0.25) is 11.8 Å². The molecule has 6 nitrogen and oxygen atoms in total. The molecule has 1 aromatic heterocycles. The zero-order chi connectivity index (χ0) is 20.5. The second-order valence-corrected chi connectivity index (χ2v) is 7.18. The van der Waals surface area contributed by atoms with Gasteiger partial charge in [-0.15, -0.1) is 0 Å². The second kappa shape index (κ2) is 7.36. The molecule has 0 amide bonds. The molecule has 0 unspecified atom stereocenters. The molecule has 6 heteroatoms. The molecule has 1 aliphatic heterocycles. The van der Waals surface area contributed by atoms with Gasteiger partial charge in [0.15, 0.2) is 0 Å². The van der Waals surface area contributed by atoms with E-state index in [0.29, 0.717) is 17.2 Å². The summed E-state index contributed by atoms with van der Waals surface area (Å²) in [5.74, 6) is 0.903. The Hall–Kier alpha value is -3.72. The van der Waals surface area contributed by atoms with E-state index < -0.39 is 5.92 Å². The number of hydrogen-bond donors (Lipinski definition) is 1. The van der Waals surface area contributed by atoms with Crippen molar-refractivity contribution in [3.05, 3.63) is 82.9 Å². The molecule has 1 atom stereocenters. The maximum Gasteiger partial charge on any atom is 0.229 e. The molecule has 2 aromatic carbocycles. The van der Waals surface area contributed by atoms with E-state index in [1.807, 2.05) is 75.4 Å². The number of benzene rings is 2. The number of rotatable bonds is 4. The van der Waals surface area contributed by atoms with Crippen LogP contribution in [0.4, 0.5) is 0 Å². The summed E-state index contributed by atoms with van der Waals surface area (Å²) in [5, 5.41) is 14.6. The molecule has 0 saturated carbocycles. The second-order valence-electron chi connectivity index (χ2n) is 7.18. The van der Waals surface area contributed by atoms with Crippen molar-refractivity contribution in [3.8, 4) is 23.4 Å². The van der Waals surface area contributed by atoms with Gasteiger partial charge in [-0.2, -0.15) is 10.4 Å². The molecule has 29 heavy (non-hydrogen) atoms. The number of allylic oxidation sites excluding steroid dienone is 1. The highest BCUT2D eigenvalue weighted by Crippen LogP contribution is 2.47. The molecule has 4 rings (SSSR count). The first kappa shape index (κ1) is 18.6. The van der Waals surface area contributed by atoms with Crippen molar-refractivity contribution in [3.63, 3.8) is 0 Å². The zero-order valence-corrected chi connectivity index (χ0v) is 16.6. The van der Waals surface area contributed by atoms with Gasteiger partial charge in [0.25, 0.3) is 0 Å². The predicted octanol–water partition coefficient (Wildman–Crippen LogP) is 4.19. The summed E-state index contributed by atoms with van der Waals surface area (Å²) in [6, 6.07) is 19.7. The lowest BCUT2D eigenvalue weighted by atomic mass is 9.83. The molecule has 0 bridgehead atoms. The van der Waals surface area contributed by atoms with Gasteiger partial charge in [-0.3, -0.25) is 0 Å². The number of aromatic nitrogens is 2. The Balaban J connectivity index is 1.95. The Labute approximate surface area is 169 Å². The molecule has 2 N–H and O–H groups in total. The van der Waals surface area contributed by atoms with Crippen LogP contribution in [0.1, 0.15) is 36.6 Å². The van der Waals surface area contributed by atoms with Crippen LogP contribution in [0.2, 0.25) is 0 Å². The first-order chi connectivity index (χ1) is 14.0. The third-order valence-corrected chi connectivity index (χ3v) is 4.83. The smallest absolute Gasteiger partial charge is 0.229 e. The van der Waals surface area contributed by atoms with E-state index in [4.69, 9.17) is 20.3 Å². The van der Waals surface area contributed by atoms with Crippen molar-refractivity contribution in [2.24, 2.45) is 5.73 Å². The summed E-state index contributed by atoms with van der Waals surface area (Å²) in [4.78, 5) is 0. The van der Waals surface area contributed by atoms with Crippen LogP contribution in [0, 0.1) is 18.3 Å². The maximum absolute atomic E-state index is 9.87. The van der Waals surface area contributed by atoms with Crippen LogP contribution >= 0.6 is 0 Å². The minimum atomic E-state index is -0.420. The SMILES string of the molecule is Cc1nn(-c2ccccc2)c2c1[C@H](c1ccccc1OC(C)C)C(C#N)=C(N)O2. The number of fused-ring (bicyclic) bond motifs is 1. The molecular formula is C23H22N4O2. The molecule has 0 saturated heterocycles. The topological polar surface area (TPSA) is 86.1 Å². The van der Waals surface area contributed by atoms with Crippen LogP contribution in [-0.4, -0.2) is 15.9 Å². The molecule has 146 valence electrons. The Kier molecular flexibility index (Phi) is 4.73. The number of para-hydroxylation sites is 2. The van der Waals surface area contributed by atoms with Crippen molar-refractivity contribution in [2.75, 3.05) is 0 Å². The van der Waals surface area contributed by atoms with Crippen LogP contribution in [0.5, 0.6) is 11.6 Å². The molecular weight excluding hydrogens is 364 g/mol. The number of aryl methyl sites for hydroxylation is 1. The van der Waals surface area contributed by atoms with Crippen LogP contribution in [0.3, 0.4) is 0 Å². The number of nitrogens with zero attached hydrogens (tertiary/aromatic N) is 3. The van der Waals surface area contributed by atoms with E-state index in [9.17, 15) is 5.26 Å². The summed E-state index contributed by atoms with van der Waals surface area (Å²) in [5.41, 5.74) is 9.86. The Morgan fingerprint density at radius 2 is 1.83 bits per heavy atom. The van der Waals surface area contributed by atoms with E-state index >= 15 is 0 Å². The number of hydrogen-bond acceptors (Lipinski definition) is 5. The quantitative estimate of drug-likeness (QED) is 0.727. The van der Waals surface area contributed by atoms with Crippen LogP contribution in [0.25, 0.3) is 5.69 Å². The standard InChI is InChI=1S/C23H22N4O2/c1-14(2)28-19-12-8-7-11-17(19)21-18(13-24)22(25)29-23-20(21)15(3)26-27(23)16-9-5-4-6-10-16/h4-12,14,21H,25H2,1-3H3/t21-/m1/s1. The molecule has 0 spiro atoms. The third-order valence-electron chi connectivity index (χ3n) is 4.83. The minimum Gasteiger partial charge on any atom is -0.491 e. The Morgan fingerprint density at radius 3 is 2.52 bits per heavy atom. The summed E-state index contributed by atoms with van der Waals surface area (Å²) >= 11 is 0. The maximum atomic E-state index is 9.87. The summed E-state index contributed by atoms with van der Waals surface area (Å²) in [6.07, 6.45) is -0.00420. The normalized spacial score (nSPS) is 15.6. The largest absolute Gasteiger partial charge is 0.491 e. The van der Waals surface area contributed by atoms with Gasteiger partial charge in [0.1, 0.15) is 17.4 Å². The van der Waals surface area contributed by atoms with E-state index in [1.54, 1.807) is 4.68 Å². The lowest BCUT2D eigenvalue weighted by Crippen LogP contribution is -2.22. The van der Waals surface area contributed by atoms with E-state index in [1.165, 1.54) is 0 Å².